The Morgan fingerprint density at radius 3 is 2.68 bits per heavy atom. The second-order valence-corrected chi connectivity index (χ2v) is 9.35. The van der Waals surface area contributed by atoms with E-state index >= 15 is 0 Å². The number of hydrogen-bond donors (Lipinski definition) is 0. The van der Waals surface area contributed by atoms with Gasteiger partial charge in [0.15, 0.2) is 5.69 Å². The summed E-state index contributed by atoms with van der Waals surface area (Å²) in [6, 6.07) is 11.9. The fourth-order valence-corrected chi connectivity index (χ4v) is 4.76. The van der Waals surface area contributed by atoms with E-state index in [1.807, 2.05) is 58.0 Å². The lowest BCUT2D eigenvalue weighted by atomic mass is 10.00. The van der Waals surface area contributed by atoms with E-state index in [0.717, 1.165) is 38.2 Å². The third-order valence-corrected chi connectivity index (χ3v) is 6.49. The fourth-order valence-electron chi connectivity index (χ4n) is 3.78. The first-order valence-electron chi connectivity index (χ1n) is 10.2. The van der Waals surface area contributed by atoms with Gasteiger partial charge in [0.1, 0.15) is 0 Å². The SMILES string of the molecule is CCSc1nnc2c(n1)O[C@@H](c1ccccc1Br)N(C(=O)CC)c1c(C)cc(C)cc1-2. The molecule has 1 aromatic heterocycles. The molecule has 0 N–H and O–H groups in total. The molecule has 1 amide bonds. The number of halogens is 1. The minimum Gasteiger partial charge on any atom is -0.447 e. The quantitative estimate of drug-likeness (QED) is 0.419. The van der Waals surface area contributed by atoms with Gasteiger partial charge < -0.3 is 4.74 Å². The molecule has 3 aromatic rings. The molecule has 0 saturated carbocycles. The molecule has 0 fully saturated rings. The van der Waals surface area contributed by atoms with Crippen LogP contribution in [0, 0.1) is 13.8 Å². The molecule has 0 radical (unpaired) electrons. The van der Waals surface area contributed by atoms with Gasteiger partial charge in [0.05, 0.1) is 5.69 Å². The summed E-state index contributed by atoms with van der Waals surface area (Å²) in [7, 11) is 0. The van der Waals surface area contributed by atoms with Gasteiger partial charge in [0.2, 0.25) is 23.2 Å². The average molecular weight is 499 g/mol. The molecule has 1 aliphatic heterocycles. The van der Waals surface area contributed by atoms with Gasteiger partial charge in [-0.05, 0) is 37.3 Å². The summed E-state index contributed by atoms with van der Waals surface area (Å²) in [6.45, 7) is 7.92. The third-order valence-electron chi connectivity index (χ3n) is 5.05. The minimum absolute atomic E-state index is 0.0436. The number of carbonyl (C=O) groups is 1. The summed E-state index contributed by atoms with van der Waals surface area (Å²) in [5, 5.41) is 9.33. The van der Waals surface area contributed by atoms with Crippen molar-refractivity contribution in [1.82, 2.24) is 15.2 Å². The highest BCUT2D eigenvalue weighted by atomic mass is 79.9. The van der Waals surface area contributed by atoms with Crippen LogP contribution in [0.15, 0.2) is 46.0 Å². The van der Waals surface area contributed by atoms with E-state index in [2.05, 4.69) is 37.2 Å². The second kappa shape index (κ2) is 8.96. The molecular formula is C23H23BrN4O2S. The van der Waals surface area contributed by atoms with Crippen LogP contribution < -0.4 is 9.64 Å². The highest BCUT2D eigenvalue weighted by Crippen LogP contribution is 2.46. The molecule has 160 valence electrons. The molecule has 0 unspecified atom stereocenters. The van der Waals surface area contributed by atoms with Crippen molar-refractivity contribution in [2.24, 2.45) is 0 Å². The molecule has 0 saturated heterocycles. The zero-order chi connectivity index (χ0) is 22.1. The van der Waals surface area contributed by atoms with Crippen LogP contribution in [0.1, 0.15) is 43.2 Å². The summed E-state index contributed by atoms with van der Waals surface area (Å²) in [4.78, 5) is 19.7. The normalized spacial score (nSPS) is 15.0. The number of benzene rings is 2. The van der Waals surface area contributed by atoms with Gasteiger partial charge in [0.25, 0.3) is 0 Å². The van der Waals surface area contributed by atoms with Crippen molar-refractivity contribution in [2.75, 3.05) is 10.7 Å². The van der Waals surface area contributed by atoms with Crippen LogP contribution in [-0.4, -0.2) is 26.8 Å². The first-order chi connectivity index (χ1) is 14.9. The van der Waals surface area contributed by atoms with Crippen molar-refractivity contribution >= 4 is 39.3 Å². The monoisotopic (exact) mass is 498 g/mol. The molecule has 2 aromatic carbocycles. The summed E-state index contributed by atoms with van der Waals surface area (Å²) in [5.41, 5.74) is 5.01. The highest BCUT2D eigenvalue weighted by molar-refractivity contribution is 9.10. The number of fused-ring (bicyclic) bond motifs is 3. The van der Waals surface area contributed by atoms with Gasteiger partial charge in [-0.15, -0.1) is 10.2 Å². The van der Waals surface area contributed by atoms with Crippen molar-refractivity contribution in [1.29, 1.82) is 0 Å². The van der Waals surface area contributed by atoms with E-state index in [4.69, 9.17) is 4.74 Å². The zero-order valence-electron chi connectivity index (χ0n) is 17.8. The van der Waals surface area contributed by atoms with E-state index in [9.17, 15) is 4.79 Å². The number of aromatic nitrogens is 3. The number of ether oxygens (including phenoxy) is 1. The predicted octanol–water partition coefficient (Wildman–Crippen LogP) is 5.86. The Morgan fingerprint density at radius 2 is 1.97 bits per heavy atom. The molecule has 8 heteroatoms. The van der Waals surface area contributed by atoms with Crippen LogP contribution >= 0.6 is 27.7 Å². The van der Waals surface area contributed by atoms with Crippen molar-refractivity contribution in [3.05, 3.63) is 57.6 Å². The Kier molecular flexibility index (Phi) is 6.29. The van der Waals surface area contributed by atoms with Crippen LogP contribution in [0.3, 0.4) is 0 Å². The number of hydrogen-bond acceptors (Lipinski definition) is 6. The molecule has 0 aliphatic carbocycles. The van der Waals surface area contributed by atoms with Crippen LogP contribution in [0.4, 0.5) is 5.69 Å². The molecule has 31 heavy (non-hydrogen) atoms. The predicted molar refractivity (Wildman–Crippen MR) is 126 cm³/mol. The maximum absolute atomic E-state index is 13.3. The van der Waals surface area contributed by atoms with E-state index in [0.29, 0.717) is 23.2 Å². The zero-order valence-corrected chi connectivity index (χ0v) is 20.2. The van der Waals surface area contributed by atoms with Crippen LogP contribution in [0.25, 0.3) is 11.3 Å². The van der Waals surface area contributed by atoms with Gasteiger partial charge in [-0.25, -0.2) is 0 Å². The lowest BCUT2D eigenvalue weighted by Crippen LogP contribution is -2.38. The number of rotatable bonds is 4. The number of aryl methyl sites for hydroxylation is 2. The molecule has 4 rings (SSSR count). The molecule has 1 aliphatic rings. The molecule has 1 atom stereocenters. The fraction of sp³-hybridized carbons (Fsp3) is 0.304. The van der Waals surface area contributed by atoms with Crippen LogP contribution in [0.5, 0.6) is 5.88 Å². The summed E-state index contributed by atoms with van der Waals surface area (Å²) in [6.07, 6.45) is -0.357. The Morgan fingerprint density at radius 1 is 1.19 bits per heavy atom. The number of thioether (sulfide) groups is 1. The molecular weight excluding hydrogens is 476 g/mol. The van der Waals surface area contributed by atoms with Gasteiger partial charge in [-0.3, -0.25) is 9.69 Å². The standard InChI is InChI=1S/C23H23BrN4O2S/c1-5-18(29)28-20-14(4)11-13(3)12-16(20)19-21(25-23(27-26-19)31-6-2)30-22(28)15-9-7-8-10-17(15)24/h7-12,22H,5-6H2,1-4H3/t22-/m0/s1. The van der Waals surface area contributed by atoms with Crippen LogP contribution in [0.2, 0.25) is 0 Å². The summed E-state index contributed by atoms with van der Waals surface area (Å²) in [5.74, 6) is 1.16. The third kappa shape index (κ3) is 4.06. The minimum atomic E-state index is -0.694. The first-order valence-corrected chi connectivity index (χ1v) is 11.9. The van der Waals surface area contributed by atoms with E-state index in [1.54, 1.807) is 4.90 Å². The van der Waals surface area contributed by atoms with E-state index in [1.165, 1.54) is 11.8 Å². The van der Waals surface area contributed by atoms with Crippen molar-refractivity contribution in [3.8, 4) is 17.1 Å². The molecule has 0 spiro atoms. The van der Waals surface area contributed by atoms with Gasteiger partial charge in [0, 0.05) is 22.0 Å². The van der Waals surface area contributed by atoms with E-state index in [-0.39, 0.29) is 5.91 Å². The van der Waals surface area contributed by atoms with Crippen molar-refractivity contribution in [3.63, 3.8) is 0 Å². The summed E-state index contributed by atoms with van der Waals surface area (Å²) >= 11 is 5.13. The Balaban J connectivity index is 2.04. The number of amides is 1. The Bertz CT molecular complexity index is 1150. The van der Waals surface area contributed by atoms with Gasteiger partial charge >= 0.3 is 0 Å². The van der Waals surface area contributed by atoms with Crippen molar-refractivity contribution in [2.45, 2.75) is 45.5 Å². The lowest BCUT2D eigenvalue weighted by Gasteiger charge is -2.32. The maximum Gasteiger partial charge on any atom is 0.247 e. The number of carbonyl (C=O) groups excluding carboxylic acids is 1. The second-order valence-electron chi connectivity index (χ2n) is 7.27. The Hall–Kier alpha value is -2.45. The van der Waals surface area contributed by atoms with Crippen LogP contribution in [-0.2, 0) is 4.79 Å². The average Bonchev–Trinajstić information content (AvgIpc) is 2.88. The van der Waals surface area contributed by atoms with E-state index < -0.39 is 6.23 Å². The number of nitrogens with zero attached hydrogens (tertiary/aromatic N) is 4. The molecule has 2 heterocycles. The smallest absolute Gasteiger partial charge is 0.247 e. The highest BCUT2D eigenvalue weighted by Gasteiger charge is 2.37. The Labute approximate surface area is 194 Å². The first kappa shape index (κ1) is 21.8. The largest absolute Gasteiger partial charge is 0.447 e. The van der Waals surface area contributed by atoms with Gasteiger partial charge in [-0.1, -0.05) is 71.4 Å². The lowest BCUT2D eigenvalue weighted by molar-refractivity contribution is -0.120. The molecule has 0 bridgehead atoms. The van der Waals surface area contributed by atoms with Crippen molar-refractivity contribution < 1.29 is 9.53 Å². The van der Waals surface area contributed by atoms with Gasteiger partial charge in [-0.2, -0.15) is 4.98 Å². The summed E-state index contributed by atoms with van der Waals surface area (Å²) < 4.78 is 7.33. The maximum atomic E-state index is 13.3. The number of anilines is 1. The topological polar surface area (TPSA) is 68.2 Å². The molecule has 6 nitrogen and oxygen atoms in total.